The van der Waals surface area contributed by atoms with Crippen molar-refractivity contribution < 1.29 is 24.0 Å². The number of para-hydroxylation sites is 1. The van der Waals surface area contributed by atoms with E-state index in [2.05, 4.69) is 0 Å². The Balaban J connectivity index is 1.76. The molecule has 42 heavy (non-hydrogen) atoms. The van der Waals surface area contributed by atoms with Crippen molar-refractivity contribution in [2.75, 3.05) is 6.16 Å². The van der Waals surface area contributed by atoms with Crippen LogP contribution in [-0.4, -0.2) is 38.9 Å². The molecule has 4 aromatic rings. The second-order valence-electron chi connectivity index (χ2n) is 10.1. The molecular weight excluding hydrogens is 575 g/mol. The summed E-state index contributed by atoms with van der Waals surface area (Å²) in [6.45, 7) is -4.62. The molecule has 0 aliphatic carbocycles. The predicted molar refractivity (Wildman–Crippen MR) is 164 cm³/mol. The van der Waals surface area contributed by atoms with Gasteiger partial charge in [0, 0.05) is 0 Å². The Kier molecular flexibility index (Phi) is 8.21. The van der Waals surface area contributed by atoms with Gasteiger partial charge in [0.15, 0.2) is 0 Å². The summed E-state index contributed by atoms with van der Waals surface area (Å²) in [6.07, 6.45) is -0.222. The van der Waals surface area contributed by atoms with Gasteiger partial charge < -0.3 is 0 Å². The van der Waals surface area contributed by atoms with E-state index < -0.39 is 28.9 Å². The number of carbonyl (C=O) groups excluding carboxylic acids is 3. The van der Waals surface area contributed by atoms with Crippen LogP contribution in [0.4, 0.5) is 5.69 Å². The van der Waals surface area contributed by atoms with Gasteiger partial charge in [-0.1, -0.05) is 0 Å². The van der Waals surface area contributed by atoms with Crippen LogP contribution < -0.4 is 15.9 Å². The number of nitro benzene ring substituents is 1. The normalized spacial score (nSPS) is 15.6. The third kappa shape index (κ3) is 4.87. The van der Waals surface area contributed by atoms with Crippen molar-refractivity contribution in [2.45, 2.75) is 25.5 Å². The number of hydrogen-bond donors (Lipinski definition) is 0. The summed E-state index contributed by atoms with van der Waals surface area (Å²) in [5, 5.41) is 13.2. The molecule has 5 rings (SSSR count). The minimum absolute atomic E-state index is 0.0804. The van der Waals surface area contributed by atoms with Gasteiger partial charge in [-0.25, -0.2) is 0 Å². The topological polar surface area (TPSA) is 107 Å². The first-order chi connectivity index (χ1) is 20.3. The zero-order chi connectivity index (χ0) is 29.8. The van der Waals surface area contributed by atoms with Crippen LogP contribution >= 0.6 is 18.4 Å². The first kappa shape index (κ1) is 29.1. The standard InChI is InChI=1S/C32H28ClN2O6P/c33-30(36)20-25-21-31(37)34(25)42(26-13-4-1-5-14-26,27-15-6-2-7-16-27,28-17-8-3-9-18-28)23-32(38)41-22-24-12-10-11-19-29(24)35(39)40/h1-19,25H,20-23H2. The molecular formula is C32H28ClN2O6P. The predicted octanol–water partition coefficient (Wildman–Crippen LogP) is 4.84. The average molecular weight is 603 g/mol. The van der Waals surface area contributed by atoms with Crippen LogP contribution in [0.3, 0.4) is 0 Å². The zero-order valence-corrected chi connectivity index (χ0v) is 24.2. The van der Waals surface area contributed by atoms with Gasteiger partial charge >= 0.3 is 248 Å². The molecule has 1 aliphatic rings. The van der Waals surface area contributed by atoms with Gasteiger partial charge in [-0.15, -0.1) is 0 Å². The van der Waals surface area contributed by atoms with Crippen molar-refractivity contribution in [1.29, 1.82) is 0 Å². The molecule has 4 aromatic carbocycles. The molecule has 0 bridgehead atoms. The van der Waals surface area contributed by atoms with Gasteiger partial charge in [-0.3, -0.25) is 0 Å². The van der Waals surface area contributed by atoms with Crippen molar-refractivity contribution >= 4 is 57.1 Å². The zero-order valence-electron chi connectivity index (χ0n) is 22.5. The number of hydrogen-bond acceptors (Lipinski definition) is 6. The van der Waals surface area contributed by atoms with Crippen LogP contribution in [0, 0.1) is 10.1 Å². The fourth-order valence-corrected chi connectivity index (χ4v) is 13.1. The number of rotatable bonds is 11. The number of amides is 1. The SMILES string of the molecule is O=C(Cl)CC1CC(=O)N1P(CC(=O)OCc1ccccc1[N+](=O)[O-])(c1ccccc1)(c1ccccc1)c1ccccc1. The molecule has 8 nitrogen and oxygen atoms in total. The molecule has 1 aliphatic heterocycles. The van der Waals surface area contributed by atoms with E-state index >= 15 is 0 Å². The van der Waals surface area contributed by atoms with Gasteiger partial charge in [-0.2, -0.15) is 0 Å². The van der Waals surface area contributed by atoms with Gasteiger partial charge in [0.25, 0.3) is 0 Å². The number of nitrogens with zero attached hydrogens (tertiary/aromatic N) is 2. The minimum atomic E-state index is -4.30. The number of ether oxygens (including phenoxy) is 1. The third-order valence-corrected chi connectivity index (χ3v) is 14.6. The Morgan fingerprint density at radius 3 is 1.76 bits per heavy atom. The monoisotopic (exact) mass is 602 g/mol. The summed E-state index contributed by atoms with van der Waals surface area (Å²) < 4.78 is 7.53. The Bertz CT molecular complexity index is 1540. The summed E-state index contributed by atoms with van der Waals surface area (Å²) in [4.78, 5) is 51.2. The molecule has 1 saturated heterocycles. The third-order valence-electron chi connectivity index (χ3n) is 7.83. The van der Waals surface area contributed by atoms with Crippen molar-refractivity contribution in [3.05, 3.63) is 131 Å². The van der Waals surface area contributed by atoms with Crippen LogP contribution in [0.25, 0.3) is 0 Å². The fourth-order valence-electron chi connectivity index (χ4n) is 6.11. The van der Waals surface area contributed by atoms with Crippen molar-refractivity contribution in [2.24, 2.45) is 0 Å². The maximum absolute atomic E-state index is 14.1. The second kappa shape index (κ2) is 11.8. The van der Waals surface area contributed by atoms with Crippen LogP contribution in [-0.2, 0) is 25.7 Å². The summed E-state index contributed by atoms with van der Waals surface area (Å²) in [7, 11) is 0. The van der Waals surface area contributed by atoms with E-state index in [0.29, 0.717) is 0 Å². The van der Waals surface area contributed by atoms with Crippen LogP contribution in [0.2, 0.25) is 0 Å². The first-order valence-electron chi connectivity index (χ1n) is 13.3. The van der Waals surface area contributed by atoms with E-state index in [1.165, 1.54) is 12.1 Å². The van der Waals surface area contributed by atoms with Gasteiger partial charge in [0.2, 0.25) is 0 Å². The van der Waals surface area contributed by atoms with Gasteiger partial charge in [0.05, 0.1) is 0 Å². The molecule has 0 spiro atoms. The first-order valence-corrected chi connectivity index (χ1v) is 16.1. The molecule has 1 amide bonds. The molecule has 1 heterocycles. The van der Waals surface area contributed by atoms with E-state index in [-0.39, 0.29) is 42.8 Å². The molecule has 1 fully saturated rings. The molecule has 1 unspecified atom stereocenters. The number of carbonyl (C=O) groups is 3. The summed E-state index contributed by atoms with van der Waals surface area (Å²) in [6, 6.07) is 33.6. The Labute approximate surface area is 248 Å². The molecule has 10 heteroatoms. The summed E-state index contributed by atoms with van der Waals surface area (Å²) in [5.74, 6) is -0.850. The Morgan fingerprint density at radius 1 is 0.833 bits per heavy atom. The number of esters is 1. The molecule has 0 saturated carbocycles. The van der Waals surface area contributed by atoms with Crippen LogP contribution in [0.5, 0.6) is 0 Å². The number of nitro groups is 1. The molecule has 214 valence electrons. The Morgan fingerprint density at radius 2 is 1.31 bits per heavy atom. The number of benzene rings is 4. The Hall–Kier alpha value is -4.39. The van der Waals surface area contributed by atoms with Crippen LogP contribution in [0.15, 0.2) is 115 Å². The van der Waals surface area contributed by atoms with Crippen molar-refractivity contribution in [3.63, 3.8) is 0 Å². The quantitative estimate of drug-likeness (QED) is 0.0607. The molecule has 1 atom stereocenters. The van der Waals surface area contributed by atoms with Crippen molar-refractivity contribution in [3.8, 4) is 0 Å². The second-order valence-corrected chi connectivity index (χ2v) is 15.3. The van der Waals surface area contributed by atoms with Gasteiger partial charge in [-0.05, 0) is 0 Å². The van der Waals surface area contributed by atoms with E-state index in [0.717, 1.165) is 15.9 Å². The van der Waals surface area contributed by atoms with Gasteiger partial charge in [0.1, 0.15) is 0 Å². The molecule has 0 aromatic heterocycles. The van der Waals surface area contributed by atoms with Crippen molar-refractivity contribution in [1.82, 2.24) is 4.67 Å². The van der Waals surface area contributed by atoms with Crippen LogP contribution in [0.1, 0.15) is 18.4 Å². The number of β-lactam (4-membered cyclic amide) rings is 1. The van der Waals surface area contributed by atoms with E-state index in [4.69, 9.17) is 16.3 Å². The summed E-state index contributed by atoms with van der Waals surface area (Å²) in [5.41, 5.74) is 0.0940. The van der Waals surface area contributed by atoms with E-state index in [1.54, 1.807) is 16.8 Å². The maximum atomic E-state index is 14.1. The summed E-state index contributed by atoms with van der Waals surface area (Å²) >= 11 is 5.89. The molecule has 0 N–H and O–H groups in total. The average Bonchev–Trinajstić information content (AvgIpc) is 3.00. The molecule has 0 radical (unpaired) electrons. The number of halogens is 1. The van der Waals surface area contributed by atoms with E-state index in [9.17, 15) is 24.5 Å². The van der Waals surface area contributed by atoms with E-state index in [1.807, 2.05) is 91.0 Å². The fraction of sp³-hybridized carbons (Fsp3) is 0.156.